The van der Waals surface area contributed by atoms with Gasteiger partial charge in [-0.1, -0.05) is 93.2 Å². The molecule has 0 aromatic carbocycles. The molecule has 52 heavy (non-hydrogen) atoms. The first-order chi connectivity index (χ1) is 24.5. The van der Waals surface area contributed by atoms with E-state index in [1.807, 2.05) is 34.6 Å². The van der Waals surface area contributed by atoms with E-state index in [0.29, 0.717) is 12.8 Å². The molecule has 20 heteroatoms. The van der Waals surface area contributed by atoms with Crippen LogP contribution in [0, 0.1) is 35.0 Å². The Morgan fingerprint density at radius 1 is 0.885 bits per heavy atom. The predicted molar refractivity (Wildman–Crippen MR) is 189 cm³/mol. The van der Waals surface area contributed by atoms with Crippen LogP contribution in [0.25, 0.3) is 20.9 Å². The molecule has 3 rings (SSSR count). The number of Topliss-reactive ketones (excluding diaryl/α,β-unsaturated/α-hetero) is 1. The minimum atomic E-state index is -2.19. The summed E-state index contributed by atoms with van der Waals surface area (Å²) in [6.45, 7) is 16.5. The van der Waals surface area contributed by atoms with Crippen LogP contribution in [-0.4, -0.2) is 96.6 Å². The van der Waals surface area contributed by atoms with Gasteiger partial charge in [-0.15, -0.1) is 0 Å². The maximum atomic E-state index is 13.3. The molecule has 4 unspecified atom stereocenters. The van der Waals surface area contributed by atoms with Crippen molar-refractivity contribution in [1.82, 2.24) is 0 Å². The molecule has 0 aliphatic carbocycles. The highest BCUT2D eigenvalue weighted by molar-refractivity contribution is 6.76. The minimum Gasteiger partial charge on any atom is -0.448 e. The fourth-order valence-electron chi connectivity index (χ4n) is 6.92. The van der Waals surface area contributed by atoms with Gasteiger partial charge >= 0.3 is 0 Å². The molecule has 0 aromatic rings. The largest absolute Gasteiger partial charge is 0.448 e. The van der Waals surface area contributed by atoms with Crippen LogP contribution in [0.4, 0.5) is 0 Å². The first-order valence-electron chi connectivity index (χ1n) is 17.1. The number of halogens is 3. The highest BCUT2D eigenvalue weighted by Crippen LogP contribution is 2.42. The van der Waals surface area contributed by atoms with Crippen molar-refractivity contribution >= 4 is 53.0 Å². The average molecular weight is 797 g/mol. The van der Waals surface area contributed by atoms with Gasteiger partial charge in [0.25, 0.3) is 10.3 Å². The van der Waals surface area contributed by atoms with E-state index < -0.39 is 82.8 Å². The summed E-state index contributed by atoms with van der Waals surface area (Å²) in [4.78, 5) is 30.1. The van der Waals surface area contributed by atoms with E-state index in [1.54, 1.807) is 6.92 Å². The highest BCUT2D eigenvalue weighted by Gasteiger charge is 2.53. The highest BCUT2D eigenvalue weighted by atomic mass is 35.6. The molecule has 3 aliphatic heterocycles. The third-order valence-corrected chi connectivity index (χ3v) is 10.6. The van der Waals surface area contributed by atoms with Crippen LogP contribution in [-0.2, 0) is 47.5 Å². The van der Waals surface area contributed by atoms with E-state index in [4.69, 9.17) is 78.1 Å². The predicted octanol–water partition coefficient (Wildman–Crippen LogP) is 6.93. The lowest BCUT2D eigenvalue weighted by atomic mass is 9.80. The van der Waals surface area contributed by atoms with Gasteiger partial charge in [-0.2, -0.15) is 0 Å². The number of ketones is 1. The quantitative estimate of drug-likeness (QED) is 0.0247. The maximum absolute atomic E-state index is 13.3. The van der Waals surface area contributed by atoms with Gasteiger partial charge in [0.1, 0.15) is 24.5 Å². The molecular formula is C32H48Cl3N7O10. The molecule has 1 N–H and O–H groups in total. The molecule has 3 aliphatic rings. The number of azide groups is 2. The fraction of sp³-hybridized carbons (Fsp3) is 0.844. The third-order valence-electron chi connectivity index (χ3n) is 10.1. The normalized spacial score (nSPS) is 37.8. The monoisotopic (exact) mass is 795 g/mol. The van der Waals surface area contributed by atoms with Crippen molar-refractivity contribution in [3.05, 3.63) is 33.2 Å². The molecule has 3 saturated heterocycles. The van der Waals surface area contributed by atoms with Crippen LogP contribution in [0.1, 0.15) is 61.3 Å². The van der Waals surface area contributed by atoms with Crippen LogP contribution in [0.5, 0.6) is 0 Å². The Balaban J connectivity index is 1.98. The average Bonchev–Trinajstić information content (AvgIpc) is 3.08. The third kappa shape index (κ3) is 10.6. The molecule has 0 radical (unpaired) electrons. The molecule has 3 heterocycles. The Labute approximate surface area is 317 Å². The number of nitrogens with one attached hydrogen (secondary N) is 1. The lowest BCUT2D eigenvalue weighted by Gasteiger charge is -2.50. The van der Waals surface area contributed by atoms with Crippen molar-refractivity contribution in [1.29, 1.82) is 5.41 Å². The minimum absolute atomic E-state index is 0.0292. The Bertz CT molecular complexity index is 1360. The summed E-state index contributed by atoms with van der Waals surface area (Å²) in [6.07, 6.45) is -6.04. The molecule has 0 saturated carbocycles. The fourth-order valence-corrected chi connectivity index (χ4v) is 7.05. The number of carbonyl (C=O) groups is 2. The van der Waals surface area contributed by atoms with E-state index in [2.05, 4.69) is 26.6 Å². The first kappa shape index (κ1) is 44.0. The van der Waals surface area contributed by atoms with Gasteiger partial charge in [-0.25, -0.2) is 0 Å². The van der Waals surface area contributed by atoms with Gasteiger partial charge in [0.15, 0.2) is 18.4 Å². The van der Waals surface area contributed by atoms with Crippen molar-refractivity contribution in [3.8, 4) is 0 Å². The second-order valence-electron chi connectivity index (χ2n) is 13.3. The van der Waals surface area contributed by atoms with Crippen LogP contribution in [0.15, 0.2) is 22.6 Å². The standard InChI is InChI=1S/C32H48Cl3N7O10/c1-9-21-15(4)16(5)23(39-41-37)29(47-21)50-26-17(6)20(12-45-11-14(3)46-13-43)28(51-27(26)19(8)44)49-25-18(7)24(40-42-38)30(48-22(25)10-2)52-31(36)32(33,34)35/h13,15-18,20-30,36H,3,9-12H2,1-2,4-8H3/t15-,16+,17-,18-,20?,21+,22?,23?,24?,25-,26-,27+,28-,29+,30+/m1/s1. The van der Waals surface area contributed by atoms with Gasteiger partial charge < -0.3 is 37.9 Å². The summed E-state index contributed by atoms with van der Waals surface area (Å²) in [5.41, 5.74) is 18.8. The van der Waals surface area contributed by atoms with E-state index in [9.17, 15) is 20.7 Å². The Kier molecular flexibility index (Phi) is 16.7. The number of nitrogens with zero attached hydrogens (tertiary/aromatic N) is 6. The summed E-state index contributed by atoms with van der Waals surface area (Å²) < 4.78 is 46.2. The summed E-state index contributed by atoms with van der Waals surface area (Å²) in [5.74, 6) is -2.78. The van der Waals surface area contributed by atoms with Crippen molar-refractivity contribution in [2.75, 3.05) is 13.2 Å². The van der Waals surface area contributed by atoms with Crippen molar-refractivity contribution in [2.45, 2.75) is 127 Å². The van der Waals surface area contributed by atoms with Gasteiger partial charge in [-0.05, 0) is 54.5 Å². The van der Waals surface area contributed by atoms with Crippen molar-refractivity contribution in [3.63, 3.8) is 0 Å². The molecule has 292 valence electrons. The second-order valence-corrected chi connectivity index (χ2v) is 15.6. The number of alkyl halides is 3. The van der Waals surface area contributed by atoms with Crippen LogP contribution >= 0.6 is 34.8 Å². The van der Waals surface area contributed by atoms with Crippen LogP contribution in [0.2, 0.25) is 0 Å². The van der Waals surface area contributed by atoms with Gasteiger partial charge in [0, 0.05) is 15.7 Å². The van der Waals surface area contributed by atoms with E-state index in [-0.39, 0.29) is 49.2 Å². The van der Waals surface area contributed by atoms with E-state index in [0.717, 1.165) is 0 Å². The zero-order valence-corrected chi connectivity index (χ0v) is 32.4. The summed E-state index contributed by atoms with van der Waals surface area (Å²) >= 11 is 17.5. The van der Waals surface area contributed by atoms with Gasteiger partial charge in [-0.3, -0.25) is 15.0 Å². The van der Waals surface area contributed by atoms with E-state index >= 15 is 0 Å². The van der Waals surface area contributed by atoms with Gasteiger partial charge in [0.05, 0.1) is 37.1 Å². The SMILES string of the molecule is C=C(COCC1[C@H](O[C@H]2C(CC)O[C@@H](OC(=N)C(Cl)(Cl)Cl)C(N=[N+]=[N-])[C@H]2C)O[C@@H](C(C)=O)[C@H](O[C@@H]2O[C@@H](CC)[C@H](C)[C@H](C)C2N=[N+]=[N-])[C@@H]1C)OC=O. The summed E-state index contributed by atoms with van der Waals surface area (Å²) in [5, 5.41) is 15.9. The second kappa shape index (κ2) is 19.8. The summed E-state index contributed by atoms with van der Waals surface area (Å²) in [7, 11) is 0. The van der Waals surface area contributed by atoms with E-state index in [1.165, 1.54) is 6.92 Å². The first-order valence-corrected chi connectivity index (χ1v) is 18.2. The molecule has 0 spiro atoms. The Hall–Kier alpha value is -2.40. The smallest absolute Gasteiger partial charge is 0.298 e. The molecule has 0 aromatic heterocycles. The van der Waals surface area contributed by atoms with Gasteiger partial charge in [0.2, 0.25) is 12.2 Å². The maximum Gasteiger partial charge on any atom is 0.298 e. The van der Waals surface area contributed by atoms with Crippen LogP contribution in [0.3, 0.4) is 0 Å². The molecular weight excluding hydrogens is 749 g/mol. The molecule has 0 amide bonds. The lowest BCUT2D eigenvalue weighted by Crippen LogP contribution is -2.61. The topological polar surface area (TPSA) is 229 Å². The molecule has 17 nitrogen and oxygen atoms in total. The Morgan fingerprint density at radius 3 is 2.00 bits per heavy atom. The van der Waals surface area contributed by atoms with Crippen molar-refractivity contribution < 1.29 is 47.5 Å². The molecule has 15 atom stereocenters. The number of ether oxygens (including phenoxy) is 8. The number of hydrogen-bond donors (Lipinski definition) is 1. The molecule has 0 bridgehead atoms. The lowest BCUT2D eigenvalue weighted by molar-refractivity contribution is -0.337. The Morgan fingerprint density at radius 2 is 1.46 bits per heavy atom. The zero-order valence-electron chi connectivity index (χ0n) is 30.2. The zero-order chi connectivity index (χ0) is 38.9. The number of hydrogen-bond acceptors (Lipinski definition) is 13. The van der Waals surface area contributed by atoms with Crippen LogP contribution < -0.4 is 0 Å². The molecule has 3 fully saturated rings. The summed E-state index contributed by atoms with van der Waals surface area (Å²) in [6, 6.07) is -1.72. The number of rotatable bonds is 16. The van der Waals surface area contributed by atoms with Crippen molar-refractivity contribution in [2.24, 2.45) is 39.8 Å². The number of carbonyl (C=O) groups excluding carboxylic acids is 2.